The predicted octanol–water partition coefficient (Wildman–Crippen LogP) is 2.92. The summed E-state index contributed by atoms with van der Waals surface area (Å²) in [6, 6.07) is 3.06. The third-order valence-corrected chi connectivity index (χ3v) is 2.83. The van der Waals surface area contributed by atoms with Crippen LogP contribution in [0.4, 0.5) is 8.78 Å². The molecule has 1 rings (SSSR count). The molecular formula is C13H18ClF2NO2. The number of alkyl halides is 2. The minimum Gasteiger partial charge on any atom is -0.462 e. The lowest BCUT2D eigenvalue weighted by Gasteiger charge is -2.22. The van der Waals surface area contributed by atoms with Crippen molar-refractivity contribution in [2.75, 3.05) is 6.61 Å². The van der Waals surface area contributed by atoms with Gasteiger partial charge in [0.05, 0.1) is 6.61 Å². The first-order chi connectivity index (χ1) is 8.30. The Morgan fingerprint density at radius 2 is 1.95 bits per heavy atom. The van der Waals surface area contributed by atoms with E-state index >= 15 is 0 Å². The Kier molecular flexibility index (Phi) is 6.39. The van der Waals surface area contributed by atoms with Crippen molar-refractivity contribution in [1.29, 1.82) is 0 Å². The molecule has 0 fully saturated rings. The summed E-state index contributed by atoms with van der Waals surface area (Å²) in [5.41, 5.74) is 7.52. The van der Waals surface area contributed by atoms with E-state index in [1.807, 2.05) is 6.92 Å². The molecule has 0 spiro atoms. The number of carbonyl (C=O) groups is 1. The zero-order valence-electron chi connectivity index (χ0n) is 11.1. The smallest absolute Gasteiger partial charge is 0.379 e. The standard InChI is InChI=1S/C13H17F2NO2.ClH/c1-4-18-12(17)13(14,15)11(16)10-6-5-8(2)9(3)7-10;/h5-7,11H,4,16H2,1-3H3;1H/t11-;/m0./s1. The van der Waals surface area contributed by atoms with E-state index in [1.165, 1.54) is 13.0 Å². The molecule has 0 bridgehead atoms. The van der Waals surface area contributed by atoms with E-state index < -0.39 is 17.9 Å². The van der Waals surface area contributed by atoms with E-state index in [0.717, 1.165) is 11.1 Å². The van der Waals surface area contributed by atoms with E-state index in [-0.39, 0.29) is 24.6 Å². The van der Waals surface area contributed by atoms with Crippen molar-refractivity contribution in [3.63, 3.8) is 0 Å². The normalized spacial score (nSPS) is 12.5. The van der Waals surface area contributed by atoms with Gasteiger partial charge in [-0.1, -0.05) is 18.2 Å². The van der Waals surface area contributed by atoms with Gasteiger partial charge in [-0.05, 0) is 37.5 Å². The molecule has 0 aliphatic heterocycles. The molecule has 0 aliphatic carbocycles. The van der Waals surface area contributed by atoms with Gasteiger partial charge in [-0.15, -0.1) is 12.4 Å². The van der Waals surface area contributed by atoms with Gasteiger partial charge >= 0.3 is 11.9 Å². The highest BCUT2D eigenvalue weighted by Crippen LogP contribution is 2.31. The van der Waals surface area contributed by atoms with Crippen molar-refractivity contribution in [2.24, 2.45) is 5.73 Å². The van der Waals surface area contributed by atoms with Crippen molar-refractivity contribution >= 4 is 18.4 Å². The Hall–Kier alpha value is -1.20. The second-order valence-electron chi connectivity index (χ2n) is 4.16. The fraction of sp³-hybridized carbons (Fsp3) is 0.462. The van der Waals surface area contributed by atoms with Gasteiger partial charge in [0.1, 0.15) is 6.04 Å². The highest BCUT2D eigenvalue weighted by molar-refractivity contribution is 5.85. The second kappa shape index (κ2) is 6.82. The van der Waals surface area contributed by atoms with E-state index in [4.69, 9.17) is 5.73 Å². The molecule has 1 aromatic carbocycles. The number of benzene rings is 1. The number of carbonyl (C=O) groups excluding carboxylic acids is 1. The number of esters is 1. The molecule has 2 N–H and O–H groups in total. The quantitative estimate of drug-likeness (QED) is 0.869. The maximum atomic E-state index is 13.7. The number of aryl methyl sites for hydroxylation is 2. The lowest BCUT2D eigenvalue weighted by atomic mass is 9.97. The number of nitrogens with two attached hydrogens (primary N) is 1. The summed E-state index contributed by atoms with van der Waals surface area (Å²) in [5, 5.41) is 0. The topological polar surface area (TPSA) is 52.3 Å². The molecule has 1 atom stereocenters. The molecule has 19 heavy (non-hydrogen) atoms. The first kappa shape index (κ1) is 17.8. The molecule has 1 aromatic rings. The summed E-state index contributed by atoms with van der Waals surface area (Å²) in [7, 11) is 0. The van der Waals surface area contributed by atoms with Crippen LogP contribution < -0.4 is 5.73 Å². The van der Waals surface area contributed by atoms with Gasteiger partial charge in [0, 0.05) is 0 Å². The van der Waals surface area contributed by atoms with Crippen LogP contribution in [-0.2, 0) is 9.53 Å². The number of rotatable bonds is 4. The Labute approximate surface area is 117 Å². The van der Waals surface area contributed by atoms with Gasteiger partial charge in [0.15, 0.2) is 0 Å². The molecule has 0 amide bonds. The van der Waals surface area contributed by atoms with Crippen LogP contribution in [0.2, 0.25) is 0 Å². The zero-order valence-corrected chi connectivity index (χ0v) is 11.9. The summed E-state index contributed by atoms with van der Waals surface area (Å²) < 4.78 is 31.8. The molecule has 108 valence electrons. The van der Waals surface area contributed by atoms with Gasteiger partial charge in [0.2, 0.25) is 0 Å². The third-order valence-electron chi connectivity index (χ3n) is 2.83. The maximum Gasteiger partial charge on any atom is 0.379 e. The lowest BCUT2D eigenvalue weighted by Crippen LogP contribution is -2.41. The molecule has 0 saturated carbocycles. The highest BCUT2D eigenvalue weighted by Gasteiger charge is 2.47. The number of halogens is 3. The second-order valence-corrected chi connectivity index (χ2v) is 4.16. The lowest BCUT2D eigenvalue weighted by molar-refractivity contribution is -0.174. The van der Waals surface area contributed by atoms with Crippen LogP contribution in [0, 0.1) is 13.8 Å². The number of ether oxygens (including phenoxy) is 1. The Morgan fingerprint density at radius 3 is 2.42 bits per heavy atom. The summed E-state index contributed by atoms with van der Waals surface area (Å²) in [6.45, 7) is 5.03. The molecular weight excluding hydrogens is 276 g/mol. The van der Waals surface area contributed by atoms with E-state index in [0.29, 0.717) is 0 Å². The van der Waals surface area contributed by atoms with E-state index in [2.05, 4.69) is 4.74 Å². The van der Waals surface area contributed by atoms with Crippen molar-refractivity contribution < 1.29 is 18.3 Å². The molecule has 0 aromatic heterocycles. The largest absolute Gasteiger partial charge is 0.462 e. The average molecular weight is 294 g/mol. The van der Waals surface area contributed by atoms with Crippen LogP contribution in [0.5, 0.6) is 0 Å². The van der Waals surface area contributed by atoms with Gasteiger partial charge in [-0.25, -0.2) is 4.79 Å². The fourth-order valence-corrected chi connectivity index (χ4v) is 1.52. The summed E-state index contributed by atoms with van der Waals surface area (Å²) in [4.78, 5) is 11.2. The first-order valence-electron chi connectivity index (χ1n) is 5.68. The predicted molar refractivity (Wildman–Crippen MR) is 71.7 cm³/mol. The molecule has 0 aliphatic rings. The number of hydrogen-bond donors (Lipinski definition) is 1. The molecule has 6 heteroatoms. The number of hydrogen-bond acceptors (Lipinski definition) is 3. The molecule has 3 nitrogen and oxygen atoms in total. The summed E-state index contributed by atoms with van der Waals surface area (Å²) >= 11 is 0. The van der Waals surface area contributed by atoms with Crippen LogP contribution in [0.1, 0.15) is 29.7 Å². The van der Waals surface area contributed by atoms with Crippen LogP contribution in [-0.4, -0.2) is 18.5 Å². The minimum absolute atomic E-state index is 0. The van der Waals surface area contributed by atoms with Crippen LogP contribution in [0.3, 0.4) is 0 Å². The first-order valence-corrected chi connectivity index (χ1v) is 5.68. The van der Waals surface area contributed by atoms with Crippen LogP contribution >= 0.6 is 12.4 Å². The van der Waals surface area contributed by atoms with E-state index in [9.17, 15) is 13.6 Å². The summed E-state index contributed by atoms with van der Waals surface area (Å²) in [5.74, 6) is -5.31. The average Bonchev–Trinajstić information content (AvgIpc) is 2.32. The van der Waals surface area contributed by atoms with Gasteiger partial charge in [-0.2, -0.15) is 8.78 Å². The minimum atomic E-state index is -3.72. The van der Waals surface area contributed by atoms with Crippen molar-refractivity contribution in [1.82, 2.24) is 0 Å². The van der Waals surface area contributed by atoms with E-state index in [1.54, 1.807) is 19.1 Å². The third kappa shape index (κ3) is 3.88. The Bertz CT molecular complexity index is 452. The fourth-order valence-electron chi connectivity index (χ4n) is 1.52. The van der Waals surface area contributed by atoms with Crippen molar-refractivity contribution in [3.05, 3.63) is 34.9 Å². The Morgan fingerprint density at radius 1 is 1.37 bits per heavy atom. The van der Waals surface area contributed by atoms with Crippen molar-refractivity contribution in [2.45, 2.75) is 32.7 Å². The van der Waals surface area contributed by atoms with Gasteiger partial charge < -0.3 is 10.5 Å². The van der Waals surface area contributed by atoms with Crippen LogP contribution in [0.15, 0.2) is 18.2 Å². The van der Waals surface area contributed by atoms with Gasteiger partial charge in [-0.3, -0.25) is 0 Å². The molecule has 0 radical (unpaired) electrons. The molecule has 0 heterocycles. The molecule has 0 saturated heterocycles. The zero-order chi connectivity index (χ0) is 13.9. The SMILES string of the molecule is CCOC(=O)C(F)(F)[C@@H](N)c1ccc(C)c(C)c1.Cl. The monoisotopic (exact) mass is 293 g/mol. The molecule has 0 unspecified atom stereocenters. The van der Waals surface area contributed by atoms with Crippen molar-refractivity contribution in [3.8, 4) is 0 Å². The Balaban J connectivity index is 0.00000324. The van der Waals surface area contributed by atoms with Crippen LogP contribution in [0.25, 0.3) is 0 Å². The van der Waals surface area contributed by atoms with Gasteiger partial charge in [0.25, 0.3) is 0 Å². The summed E-state index contributed by atoms with van der Waals surface area (Å²) in [6.07, 6.45) is 0. The highest BCUT2D eigenvalue weighted by atomic mass is 35.5. The maximum absolute atomic E-state index is 13.7.